The Morgan fingerprint density at radius 2 is 1.80 bits per heavy atom. The molecule has 9 nitrogen and oxygen atoms in total. The number of ether oxygens (including phenoxy) is 1. The first-order chi connectivity index (χ1) is 21.4. The van der Waals surface area contributed by atoms with Crippen molar-refractivity contribution in [1.82, 2.24) is 25.1 Å². The molecule has 1 aromatic carbocycles. The Morgan fingerprint density at radius 1 is 1.11 bits per heavy atom. The second-order valence-electron chi connectivity index (χ2n) is 14.0. The summed E-state index contributed by atoms with van der Waals surface area (Å²) in [6.45, 7) is 17.4. The number of likely N-dealkylation sites (N-methyl/N-ethyl adjacent to an activating group) is 1. The zero-order chi connectivity index (χ0) is 32.5. The van der Waals surface area contributed by atoms with Gasteiger partial charge in [-0.25, -0.2) is 14.4 Å². The number of piperidine rings is 1. The Hall–Kier alpha value is -3.53. The smallest absolute Gasteiger partial charge is 0.258 e. The average molecular weight is 621 g/mol. The third-order valence-electron chi connectivity index (χ3n) is 9.97. The zero-order valence-corrected chi connectivity index (χ0v) is 27.7. The van der Waals surface area contributed by atoms with E-state index in [1.807, 2.05) is 39.6 Å². The van der Waals surface area contributed by atoms with Crippen LogP contribution in [0.2, 0.25) is 0 Å². The van der Waals surface area contributed by atoms with Gasteiger partial charge in [-0.3, -0.25) is 9.59 Å². The Balaban J connectivity index is 1.24. The Kier molecular flexibility index (Phi) is 9.82. The van der Waals surface area contributed by atoms with Crippen molar-refractivity contribution in [3.05, 3.63) is 54.3 Å². The van der Waals surface area contributed by atoms with Crippen LogP contribution in [-0.4, -0.2) is 82.9 Å². The van der Waals surface area contributed by atoms with E-state index in [0.29, 0.717) is 17.5 Å². The SMILES string of the molecule is C=C1CC(C)CC[C@H]1[C@H](NC)C(=O)N1CCC2(CC1)CN(c1ncncc1Oc1ccc(F)cc1C(=O)N(C(C)C)C(C)C)C2. The van der Waals surface area contributed by atoms with Crippen LogP contribution >= 0.6 is 0 Å². The molecule has 1 saturated carbocycles. The molecule has 3 aliphatic rings. The standard InChI is InChI=1S/C35H49FN6O3/c1-22(2)42(23(3)4)33(43)28-17-26(36)9-11-29(28)45-30-18-38-21-39-32(30)41-19-35(20-41)12-14-40(15-13-35)34(44)31(37-7)27-10-8-24(5)16-25(27)6/h9,11,17-18,21-24,27,31,37H,6,8,10,12-16,19-20H2,1-5,7H3/t24?,27-,31+/m1/s1. The summed E-state index contributed by atoms with van der Waals surface area (Å²) in [4.78, 5) is 41.8. The van der Waals surface area contributed by atoms with Crippen LogP contribution in [-0.2, 0) is 4.79 Å². The van der Waals surface area contributed by atoms with E-state index in [1.54, 1.807) is 11.1 Å². The minimum Gasteiger partial charge on any atom is -0.451 e. The number of aromatic nitrogens is 2. The van der Waals surface area contributed by atoms with Crippen molar-refractivity contribution < 1.29 is 18.7 Å². The summed E-state index contributed by atoms with van der Waals surface area (Å²) in [7, 11) is 1.89. The zero-order valence-electron chi connectivity index (χ0n) is 27.7. The van der Waals surface area contributed by atoms with Crippen LogP contribution in [0.5, 0.6) is 11.5 Å². The summed E-state index contributed by atoms with van der Waals surface area (Å²) in [5.41, 5.74) is 1.46. The number of carbonyl (C=O) groups is 2. The second-order valence-corrected chi connectivity index (χ2v) is 14.0. The molecule has 45 heavy (non-hydrogen) atoms. The monoisotopic (exact) mass is 620 g/mol. The highest BCUT2D eigenvalue weighted by Gasteiger charge is 2.47. The van der Waals surface area contributed by atoms with Crippen molar-refractivity contribution in [2.24, 2.45) is 17.3 Å². The molecule has 244 valence electrons. The Morgan fingerprint density at radius 3 is 2.42 bits per heavy atom. The number of anilines is 1. The first kappa shape index (κ1) is 32.9. The van der Waals surface area contributed by atoms with Gasteiger partial charge in [-0.2, -0.15) is 0 Å². The molecule has 0 radical (unpaired) electrons. The van der Waals surface area contributed by atoms with Crippen LogP contribution in [0, 0.1) is 23.1 Å². The molecule has 1 aliphatic carbocycles. The first-order valence-corrected chi connectivity index (χ1v) is 16.4. The van der Waals surface area contributed by atoms with E-state index in [2.05, 4.69) is 33.7 Å². The summed E-state index contributed by atoms with van der Waals surface area (Å²) in [6, 6.07) is 3.67. The highest BCUT2D eigenvalue weighted by molar-refractivity contribution is 5.97. The van der Waals surface area contributed by atoms with Crippen molar-refractivity contribution in [2.45, 2.75) is 84.8 Å². The number of nitrogens with one attached hydrogen (secondary N) is 1. The van der Waals surface area contributed by atoms with Gasteiger partial charge in [0.05, 0.1) is 17.8 Å². The van der Waals surface area contributed by atoms with Crippen LogP contribution in [0.15, 0.2) is 42.9 Å². The summed E-state index contributed by atoms with van der Waals surface area (Å²) >= 11 is 0. The lowest BCUT2D eigenvalue weighted by atomic mass is 9.71. The lowest BCUT2D eigenvalue weighted by Gasteiger charge is -2.54. The number of hydrogen-bond donors (Lipinski definition) is 1. The number of carbonyl (C=O) groups excluding carboxylic acids is 2. The quantitative estimate of drug-likeness (QED) is 0.361. The minimum absolute atomic E-state index is 0.0668. The van der Waals surface area contributed by atoms with Gasteiger partial charge in [0, 0.05) is 49.6 Å². The first-order valence-electron chi connectivity index (χ1n) is 16.4. The molecule has 5 rings (SSSR count). The van der Waals surface area contributed by atoms with Crippen molar-refractivity contribution in [3.8, 4) is 11.5 Å². The van der Waals surface area contributed by atoms with E-state index in [-0.39, 0.29) is 52.6 Å². The maximum absolute atomic E-state index is 14.4. The molecule has 1 N–H and O–H groups in total. The van der Waals surface area contributed by atoms with E-state index in [1.165, 1.54) is 30.1 Å². The molecule has 0 bridgehead atoms. The number of likely N-dealkylation sites (tertiary alicyclic amines) is 1. The fourth-order valence-electron chi connectivity index (χ4n) is 7.60. The second kappa shape index (κ2) is 13.4. The number of rotatable bonds is 9. The maximum Gasteiger partial charge on any atom is 0.258 e. The van der Waals surface area contributed by atoms with Crippen molar-refractivity contribution in [2.75, 3.05) is 38.1 Å². The number of hydrogen-bond acceptors (Lipinski definition) is 7. The lowest BCUT2D eigenvalue weighted by molar-refractivity contribution is -0.137. The topological polar surface area (TPSA) is 90.9 Å². The van der Waals surface area contributed by atoms with Crippen molar-refractivity contribution >= 4 is 17.6 Å². The van der Waals surface area contributed by atoms with Crippen molar-refractivity contribution in [3.63, 3.8) is 0 Å². The van der Waals surface area contributed by atoms with E-state index in [0.717, 1.165) is 58.3 Å². The highest BCUT2D eigenvalue weighted by Crippen LogP contribution is 2.45. The molecular formula is C35H49FN6O3. The molecule has 2 amide bonds. The predicted molar refractivity (Wildman–Crippen MR) is 174 cm³/mol. The molecule has 3 atom stereocenters. The molecule has 10 heteroatoms. The van der Waals surface area contributed by atoms with Crippen LogP contribution in [0.1, 0.15) is 77.1 Å². The molecule has 1 unspecified atom stereocenters. The normalized spacial score (nSPS) is 22.0. The molecule has 3 fully saturated rings. The Bertz CT molecular complexity index is 1390. The van der Waals surface area contributed by atoms with Gasteiger partial charge in [-0.15, -0.1) is 0 Å². The van der Waals surface area contributed by atoms with Crippen molar-refractivity contribution in [1.29, 1.82) is 0 Å². The number of nitrogens with zero attached hydrogens (tertiary/aromatic N) is 5. The summed E-state index contributed by atoms with van der Waals surface area (Å²) in [5, 5.41) is 3.32. The summed E-state index contributed by atoms with van der Waals surface area (Å²) in [5.74, 6) is 1.55. The maximum atomic E-state index is 14.4. The predicted octanol–water partition coefficient (Wildman–Crippen LogP) is 5.68. The van der Waals surface area contributed by atoms with Gasteiger partial charge in [0.15, 0.2) is 11.6 Å². The van der Waals surface area contributed by atoms with Crippen LogP contribution in [0.4, 0.5) is 10.2 Å². The fourth-order valence-corrected chi connectivity index (χ4v) is 7.60. The van der Waals surface area contributed by atoms with Gasteiger partial charge in [0.25, 0.3) is 5.91 Å². The van der Waals surface area contributed by atoms with E-state index in [4.69, 9.17) is 4.74 Å². The van der Waals surface area contributed by atoms with Crippen LogP contribution < -0.4 is 15.0 Å². The molecule has 2 aromatic rings. The minimum atomic E-state index is -0.503. The lowest BCUT2D eigenvalue weighted by Crippen LogP contribution is -2.62. The van der Waals surface area contributed by atoms with Crippen LogP contribution in [0.25, 0.3) is 0 Å². The summed E-state index contributed by atoms with van der Waals surface area (Å²) in [6.07, 6.45) is 8.06. The van der Waals surface area contributed by atoms with E-state index >= 15 is 0 Å². The Labute approximate surface area is 267 Å². The highest BCUT2D eigenvalue weighted by atomic mass is 19.1. The average Bonchev–Trinajstić information content (AvgIpc) is 2.98. The number of amides is 2. The molecule has 1 aromatic heterocycles. The van der Waals surface area contributed by atoms with Gasteiger partial charge in [0.2, 0.25) is 5.91 Å². The third-order valence-corrected chi connectivity index (χ3v) is 9.97. The van der Waals surface area contributed by atoms with Gasteiger partial charge in [-0.05, 0) is 91.0 Å². The molecule has 1 spiro atoms. The van der Waals surface area contributed by atoms with E-state index < -0.39 is 5.82 Å². The van der Waals surface area contributed by atoms with Gasteiger partial charge < -0.3 is 24.8 Å². The largest absolute Gasteiger partial charge is 0.451 e. The molecule has 2 saturated heterocycles. The fraction of sp³-hybridized carbons (Fsp3) is 0.600. The van der Waals surface area contributed by atoms with Gasteiger partial charge in [0.1, 0.15) is 17.9 Å². The third kappa shape index (κ3) is 6.86. The summed E-state index contributed by atoms with van der Waals surface area (Å²) < 4.78 is 20.6. The molecule has 2 aliphatic heterocycles. The number of halogens is 1. The molecular weight excluding hydrogens is 571 g/mol. The van der Waals surface area contributed by atoms with Gasteiger partial charge >= 0.3 is 0 Å². The molecule has 3 heterocycles. The van der Waals surface area contributed by atoms with Gasteiger partial charge in [-0.1, -0.05) is 19.1 Å². The van der Waals surface area contributed by atoms with Crippen LogP contribution in [0.3, 0.4) is 0 Å². The number of benzene rings is 1. The van der Waals surface area contributed by atoms with E-state index in [9.17, 15) is 14.0 Å².